The number of fused-ring (bicyclic) bond motifs is 1. The minimum absolute atomic E-state index is 0.284. The number of carbonyl (C=O) groups is 1. The first-order valence-corrected chi connectivity index (χ1v) is 6.09. The van der Waals surface area contributed by atoms with Gasteiger partial charge in [-0.15, -0.1) is 0 Å². The topological polar surface area (TPSA) is 26.3 Å². The standard InChI is InChI=1S/C16H16O2/c1-3-7-12(2)16(17)18-15-11-6-9-13-8-4-5-10-14(13)15/h4-11H,3H2,1-2H3. The largest absolute Gasteiger partial charge is 0.423 e. The Bertz CT molecular complexity index is 592. The van der Waals surface area contributed by atoms with Crippen LogP contribution in [0.1, 0.15) is 20.3 Å². The molecule has 0 bridgehead atoms. The van der Waals surface area contributed by atoms with E-state index < -0.39 is 0 Å². The SMILES string of the molecule is CCC=C(C)C(=O)Oc1cccc2ccccc12. The average molecular weight is 240 g/mol. The van der Waals surface area contributed by atoms with E-state index in [9.17, 15) is 4.79 Å². The number of esters is 1. The van der Waals surface area contributed by atoms with E-state index in [-0.39, 0.29) is 5.97 Å². The third kappa shape index (κ3) is 2.59. The van der Waals surface area contributed by atoms with Gasteiger partial charge in [0.1, 0.15) is 5.75 Å². The van der Waals surface area contributed by atoms with E-state index in [2.05, 4.69) is 0 Å². The Balaban J connectivity index is 2.32. The third-order valence-corrected chi connectivity index (χ3v) is 2.78. The van der Waals surface area contributed by atoms with Crippen molar-refractivity contribution in [3.8, 4) is 5.75 Å². The second-order valence-electron chi connectivity index (χ2n) is 4.16. The average Bonchev–Trinajstić information content (AvgIpc) is 2.39. The van der Waals surface area contributed by atoms with E-state index >= 15 is 0 Å². The summed E-state index contributed by atoms with van der Waals surface area (Å²) >= 11 is 0. The molecule has 2 aromatic carbocycles. The Morgan fingerprint density at radius 3 is 2.67 bits per heavy atom. The van der Waals surface area contributed by atoms with Crippen molar-refractivity contribution in [2.24, 2.45) is 0 Å². The highest BCUT2D eigenvalue weighted by Gasteiger charge is 2.09. The fourth-order valence-electron chi connectivity index (χ4n) is 1.85. The molecule has 0 fully saturated rings. The molecule has 0 aliphatic carbocycles. The van der Waals surface area contributed by atoms with Crippen LogP contribution < -0.4 is 4.74 Å². The highest BCUT2D eigenvalue weighted by molar-refractivity contribution is 5.94. The van der Waals surface area contributed by atoms with Gasteiger partial charge in [-0.1, -0.05) is 49.4 Å². The smallest absolute Gasteiger partial charge is 0.338 e. The molecule has 0 atom stereocenters. The molecule has 0 unspecified atom stereocenters. The number of carbonyl (C=O) groups excluding carboxylic acids is 1. The summed E-state index contributed by atoms with van der Waals surface area (Å²) in [6.07, 6.45) is 2.70. The normalized spacial score (nSPS) is 11.6. The lowest BCUT2D eigenvalue weighted by Crippen LogP contribution is -2.09. The summed E-state index contributed by atoms with van der Waals surface area (Å²) in [4.78, 5) is 11.9. The number of allylic oxidation sites excluding steroid dienone is 1. The molecule has 0 aliphatic heterocycles. The van der Waals surface area contributed by atoms with Crippen LogP contribution in [0.25, 0.3) is 10.8 Å². The number of rotatable bonds is 3. The fraction of sp³-hybridized carbons (Fsp3) is 0.188. The second kappa shape index (κ2) is 5.50. The summed E-state index contributed by atoms with van der Waals surface area (Å²) < 4.78 is 5.43. The molecule has 92 valence electrons. The number of hydrogen-bond donors (Lipinski definition) is 0. The maximum Gasteiger partial charge on any atom is 0.338 e. The predicted molar refractivity (Wildman–Crippen MR) is 73.6 cm³/mol. The van der Waals surface area contributed by atoms with Crippen LogP contribution in [0.2, 0.25) is 0 Å². The second-order valence-corrected chi connectivity index (χ2v) is 4.16. The molecule has 0 aliphatic rings. The van der Waals surface area contributed by atoms with Crippen LogP contribution in [0.4, 0.5) is 0 Å². The summed E-state index contributed by atoms with van der Waals surface area (Å²) in [7, 11) is 0. The Morgan fingerprint density at radius 1 is 1.17 bits per heavy atom. The highest BCUT2D eigenvalue weighted by Crippen LogP contribution is 2.25. The fourth-order valence-corrected chi connectivity index (χ4v) is 1.85. The van der Waals surface area contributed by atoms with Crippen molar-refractivity contribution in [2.45, 2.75) is 20.3 Å². The van der Waals surface area contributed by atoms with Crippen molar-refractivity contribution >= 4 is 16.7 Å². The molecule has 0 amide bonds. The van der Waals surface area contributed by atoms with Crippen molar-refractivity contribution in [3.05, 3.63) is 54.1 Å². The van der Waals surface area contributed by atoms with Crippen molar-refractivity contribution < 1.29 is 9.53 Å². The molecule has 0 saturated heterocycles. The molecule has 2 rings (SSSR count). The Labute approximate surface area is 107 Å². The zero-order valence-electron chi connectivity index (χ0n) is 10.6. The molecule has 2 heteroatoms. The Kier molecular flexibility index (Phi) is 3.78. The van der Waals surface area contributed by atoms with Crippen LogP contribution in [-0.2, 0) is 4.79 Å². The van der Waals surface area contributed by atoms with E-state index in [4.69, 9.17) is 4.74 Å². The van der Waals surface area contributed by atoms with Crippen LogP contribution >= 0.6 is 0 Å². The first kappa shape index (κ1) is 12.4. The van der Waals surface area contributed by atoms with Crippen LogP contribution in [0, 0.1) is 0 Å². The highest BCUT2D eigenvalue weighted by atomic mass is 16.5. The van der Waals surface area contributed by atoms with Gasteiger partial charge in [-0.3, -0.25) is 0 Å². The third-order valence-electron chi connectivity index (χ3n) is 2.78. The Hall–Kier alpha value is -2.09. The van der Waals surface area contributed by atoms with Crippen molar-refractivity contribution in [2.75, 3.05) is 0 Å². The van der Waals surface area contributed by atoms with Crippen molar-refractivity contribution in [1.82, 2.24) is 0 Å². The van der Waals surface area contributed by atoms with Gasteiger partial charge in [0.15, 0.2) is 0 Å². The van der Waals surface area contributed by atoms with Gasteiger partial charge in [-0.25, -0.2) is 4.79 Å². The number of ether oxygens (including phenoxy) is 1. The lowest BCUT2D eigenvalue weighted by molar-refractivity contribution is -0.130. The maximum atomic E-state index is 11.9. The maximum absolute atomic E-state index is 11.9. The van der Waals surface area contributed by atoms with Gasteiger partial charge in [0.2, 0.25) is 0 Å². The summed E-state index contributed by atoms with van der Waals surface area (Å²) in [5.74, 6) is 0.329. The number of benzene rings is 2. The van der Waals surface area contributed by atoms with Gasteiger partial charge < -0.3 is 4.74 Å². The zero-order valence-corrected chi connectivity index (χ0v) is 10.6. The zero-order chi connectivity index (χ0) is 13.0. The van der Waals surface area contributed by atoms with Crippen LogP contribution in [0.5, 0.6) is 5.75 Å². The molecule has 0 aromatic heterocycles. The summed E-state index contributed by atoms with van der Waals surface area (Å²) in [6.45, 7) is 3.77. The van der Waals surface area contributed by atoms with E-state index in [1.165, 1.54) is 0 Å². The minimum Gasteiger partial charge on any atom is -0.423 e. The van der Waals surface area contributed by atoms with Crippen molar-refractivity contribution in [3.63, 3.8) is 0 Å². The summed E-state index contributed by atoms with van der Waals surface area (Å²) in [5, 5.41) is 2.03. The molecular weight excluding hydrogens is 224 g/mol. The quantitative estimate of drug-likeness (QED) is 0.458. The van der Waals surface area contributed by atoms with Crippen molar-refractivity contribution in [1.29, 1.82) is 0 Å². The minimum atomic E-state index is -0.284. The van der Waals surface area contributed by atoms with Gasteiger partial charge in [0.25, 0.3) is 0 Å². The first-order chi connectivity index (χ1) is 8.72. The molecule has 2 nitrogen and oxygen atoms in total. The summed E-state index contributed by atoms with van der Waals surface area (Å²) in [6, 6.07) is 13.6. The van der Waals surface area contributed by atoms with Gasteiger partial charge in [0, 0.05) is 11.0 Å². The Morgan fingerprint density at radius 2 is 1.89 bits per heavy atom. The van der Waals surface area contributed by atoms with Crippen LogP contribution in [0.3, 0.4) is 0 Å². The lowest BCUT2D eigenvalue weighted by atomic mass is 10.1. The monoisotopic (exact) mass is 240 g/mol. The van der Waals surface area contributed by atoms with Gasteiger partial charge in [-0.05, 0) is 24.8 Å². The lowest BCUT2D eigenvalue weighted by Gasteiger charge is -2.07. The van der Waals surface area contributed by atoms with Gasteiger partial charge in [-0.2, -0.15) is 0 Å². The molecule has 0 radical (unpaired) electrons. The molecule has 18 heavy (non-hydrogen) atoms. The van der Waals surface area contributed by atoms with Gasteiger partial charge >= 0.3 is 5.97 Å². The van der Waals surface area contributed by atoms with Crippen LogP contribution in [0.15, 0.2) is 54.1 Å². The van der Waals surface area contributed by atoms with Crippen LogP contribution in [-0.4, -0.2) is 5.97 Å². The van der Waals surface area contributed by atoms with E-state index in [1.807, 2.05) is 55.5 Å². The molecule has 0 spiro atoms. The van der Waals surface area contributed by atoms with E-state index in [1.54, 1.807) is 6.92 Å². The molecule has 0 heterocycles. The predicted octanol–water partition coefficient (Wildman–Crippen LogP) is 4.10. The first-order valence-electron chi connectivity index (χ1n) is 6.09. The molecular formula is C16H16O2. The van der Waals surface area contributed by atoms with Gasteiger partial charge in [0.05, 0.1) is 0 Å². The molecule has 0 N–H and O–H groups in total. The summed E-state index contributed by atoms with van der Waals surface area (Å²) in [5.41, 5.74) is 0.644. The molecule has 0 saturated carbocycles. The van der Waals surface area contributed by atoms with E-state index in [0.29, 0.717) is 11.3 Å². The number of hydrogen-bond acceptors (Lipinski definition) is 2. The van der Waals surface area contributed by atoms with E-state index in [0.717, 1.165) is 17.2 Å². The molecule has 2 aromatic rings.